The van der Waals surface area contributed by atoms with E-state index in [-0.39, 0.29) is 23.7 Å². The number of hydrogen-bond donors (Lipinski definition) is 2. The van der Waals surface area contributed by atoms with Gasteiger partial charge in [0.25, 0.3) is 0 Å². The summed E-state index contributed by atoms with van der Waals surface area (Å²) in [6.45, 7) is 5.99. The first kappa shape index (κ1) is 19.0. The maximum atomic E-state index is 13.0. The van der Waals surface area contributed by atoms with Crippen molar-refractivity contribution in [3.8, 4) is 0 Å². The molecule has 8 nitrogen and oxygen atoms in total. The zero-order valence-electron chi connectivity index (χ0n) is 16.3. The fourth-order valence-electron chi connectivity index (χ4n) is 3.14. The second-order valence-corrected chi connectivity index (χ2v) is 7.87. The van der Waals surface area contributed by atoms with Crippen molar-refractivity contribution in [2.24, 2.45) is 0 Å². The summed E-state index contributed by atoms with van der Waals surface area (Å²) < 4.78 is 14.5. The summed E-state index contributed by atoms with van der Waals surface area (Å²) in [4.78, 5) is 22.6. The Bertz CT molecular complexity index is 1060. The Morgan fingerprint density at radius 2 is 2.07 bits per heavy atom. The smallest absolute Gasteiger partial charge is 0.245 e. The van der Waals surface area contributed by atoms with Gasteiger partial charge in [-0.2, -0.15) is 5.10 Å². The summed E-state index contributed by atoms with van der Waals surface area (Å²) in [5.41, 5.74) is 1.09. The number of pyridine rings is 2. The number of nitrogens with zero attached hydrogens (tertiary/aromatic N) is 5. The second-order valence-electron chi connectivity index (χ2n) is 7.87. The minimum Gasteiger partial charge on any atom is -0.368 e. The predicted molar refractivity (Wildman–Crippen MR) is 105 cm³/mol. The van der Waals surface area contributed by atoms with Crippen molar-refractivity contribution >= 4 is 23.4 Å². The number of anilines is 3. The summed E-state index contributed by atoms with van der Waals surface area (Å²) in [6, 6.07) is 7.94. The van der Waals surface area contributed by atoms with Gasteiger partial charge in [0.15, 0.2) is 6.23 Å². The fourth-order valence-corrected chi connectivity index (χ4v) is 3.14. The Balaban J connectivity index is 1.69. The van der Waals surface area contributed by atoms with E-state index in [9.17, 15) is 14.3 Å². The minimum atomic E-state index is -0.997. The molecule has 0 aromatic carbocycles. The Morgan fingerprint density at radius 1 is 1.28 bits per heavy atom. The van der Waals surface area contributed by atoms with Crippen molar-refractivity contribution in [2.45, 2.75) is 32.4 Å². The van der Waals surface area contributed by atoms with Crippen LogP contribution in [0.4, 0.5) is 21.8 Å². The number of halogens is 1. The van der Waals surface area contributed by atoms with E-state index in [4.69, 9.17) is 0 Å². The van der Waals surface area contributed by atoms with Crippen LogP contribution in [0.1, 0.15) is 38.3 Å². The normalized spacial score (nSPS) is 15.6. The number of aromatic nitrogens is 4. The molecule has 4 heterocycles. The van der Waals surface area contributed by atoms with Crippen LogP contribution >= 0.6 is 0 Å². The zero-order valence-corrected chi connectivity index (χ0v) is 16.3. The van der Waals surface area contributed by atoms with Crippen molar-refractivity contribution in [1.29, 1.82) is 0 Å². The molecular weight excluding hydrogens is 375 g/mol. The summed E-state index contributed by atoms with van der Waals surface area (Å²) in [5, 5.41) is 18.0. The molecule has 0 radical (unpaired) electrons. The highest BCUT2D eigenvalue weighted by atomic mass is 19.1. The van der Waals surface area contributed by atoms with Crippen LogP contribution in [0, 0.1) is 5.82 Å². The van der Waals surface area contributed by atoms with Gasteiger partial charge in [-0.25, -0.2) is 19.0 Å². The molecule has 0 saturated heterocycles. The van der Waals surface area contributed by atoms with Crippen molar-refractivity contribution < 1.29 is 14.3 Å². The second kappa shape index (κ2) is 6.93. The highest BCUT2D eigenvalue weighted by Crippen LogP contribution is 2.39. The molecule has 0 bridgehead atoms. The number of rotatable bonds is 3. The molecule has 0 aliphatic carbocycles. The van der Waals surface area contributed by atoms with Crippen LogP contribution in [0.2, 0.25) is 0 Å². The van der Waals surface area contributed by atoms with Gasteiger partial charge in [-0.3, -0.25) is 4.79 Å². The molecule has 9 heteroatoms. The molecule has 0 fully saturated rings. The number of amides is 1. The standard InChI is InChI=1S/C20H21FN6O2/c1-20(2,3)14-9-17-26(11-16(28)24-15-7-6-12(21)10-23-15)18-13(5-4-8-22-18)19(29)27(17)25-14/h4-10,19,29H,11H2,1-3H3,(H,23,24,28). The Labute approximate surface area is 167 Å². The van der Waals surface area contributed by atoms with Crippen LogP contribution in [0.5, 0.6) is 0 Å². The monoisotopic (exact) mass is 396 g/mol. The lowest BCUT2D eigenvalue weighted by atomic mass is 9.92. The molecule has 4 rings (SSSR count). The number of carbonyl (C=O) groups excluding carboxylic acids is 1. The molecule has 29 heavy (non-hydrogen) atoms. The van der Waals surface area contributed by atoms with E-state index in [0.29, 0.717) is 17.2 Å². The van der Waals surface area contributed by atoms with Crippen LogP contribution < -0.4 is 10.2 Å². The third kappa shape index (κ3) is 3.56. The number of hydrogen-bond acceptors (Lipinski definition) is 6. The molecule has 1 atom stereocenters. The van der Waals surface area contributed by atoms with Crippen LogP contribution in [0.3, 0.4) is 0 Å². The highest BCUT2D eigenvalue weighted by molar-refractivity contribution is 5.94. The molecule has 2 N–H and O–H groups in total. The first-order valence-corrected chi connectivity index (χ1v) is 9.16. The van der Waals surface area contributed by atoms with Crippen molar-refractivity contribution in [2.75, 3.05) is 16.8 Å². The maximum Gasteiger partial charge on any atom is 0.245 e. The van der Waals surface area contributed by atoms with Gasteiger partial charge in [-0.05, 0) is 24.3 Å². The summed E-state index contributed by atoms with van der Waals surface area (Å²) >= 11 is 0. The first-order chi connectivity index (χ1) is 13.7. The minimum absolute atomic E-state index is 0.0783. The first-order valence-electron chi connectivity index (χ1n) is 9.16. The molecule has 3 aromatic rings. The summed E-state index contributed by atoms with van der Waals surface area (Å²) in [5.74, 6) is 0.455. The zero-order chi connectivity index (χ0) is 20.8. The number of carbonyl (C=O) groups is 1. The number of fused-ring (bicyclic) bond motifs is 2. The molecular formula is C20H21FN6O2. The molecule has 1 amide bonds. The van der Waals surface area contributed by atoms with Crippen LogP contribution in [-0.4, -0.2) is 37.3 Å². The van der Waals surface area contributed by atoms with E-state index in [0.717, 1.165) is 11.9 Å². The van der Waals surface area contributed by atoms with Crippen LogP contribution in [0.25, 0.3) is 0 Å². The fraction of sp³-hybridized carbons (Fsp3) is 0.300. The average molecular weight is 396 g/mol. The van der Waals surface area contributed by atoms with Crippen molar-refractivity contribution in [1.82, 2.24) is 19.7 Å². The molecule has 150 valence electrons. The summed E-state index contributed by atoms with van der Waals surface area (Å²) in [6.07, 6.45) is 1.64. The van der Waals surface area contributed by atoms with Gasteiger partial charge in [0.1, 0.15) is 29.8 Å². The quantitative estimate of drug-likeness (QED) is 0.707. The lowest BCUT2D eigenvalue weighted by Gasteiger charge is -2.32. The SMILES string of the molecule is CC(C)(C)c1cc2n(n1)C(O)c1cccnc1N2CC(=O)Nc1ccc(F)cn1. The summed E-state index contributed by atoms with van der Waals surface area (Å²) in [7, 11) is 0. The van der Waals surface area contributed by atoms with Gasteiger partial charge < -0.3 is 15.3 Å². The molecule has 3 aromatic heterocycles. The van der Waals surface area contributed by atoms with Gasteiger partial charge in [0.05, 0.1) is 11.9 Å². The van der Waals surface area contributed by atoms with E-state index in [1.165, 1.54) is 16.8 Å². The van der Waals surface area contributed by atoms with Gasteiger partial charge >= 0.3 is 0 Å². The van der Waals surface area contributed by atoms with Gasteiger partial charge in [-0.15, -0.1) is 0 Å². The molecule has 0 spiro atoms. The largest absolute Gasteiger partial charge is 0.368 e. The average Bonchev–Trinajstić information content (AvgIpc) is 3.13. The van der Waals surface area contributed by atoms with Gasteiger partial charge in [0.2, 0.25) is 5.91 Å². The third-order valence-electron chi connectivity index (χ3n) is 4.64. The van der Waals surface area contributed by atoms with Crippen LogP contribution in [0.15, 0.2) is 42.7 Å². The number of aliphatic hydroxyl groups is 1. The van der Waals surface area contributed by atoms with E-state index in [1.807, 2.05) is 26.8 Å². The highest BCUT2D eigenvalue weighted by Gasteiger charge is 2.34. The van der Waals surface area contributed by atoms with Gasteiger partial charge in [-0.1, -0.05) is 20.8 Å². The number of aliphatic hydroxyl groups excluding tert-OH is 1. The van der Waals surface area contributed by atoms with Crippen LogP contribution in [-0.2, 0) is 10.2 Å². The maximum absolute atomic E-state index is 13.0. The molecule has 0 saturated carbocycles. The predicted octanol–water partition coefficient (Wildman–Crippen LogP) is 2.74. The lowest BCUT2D eigenvalue weighted by Crippen LogP contribution is -2.36. The molecule has 1 aliphatic rings. The van der Waals surface area contributed by atoms with Crippen molar-refractivity contribution in [3.63, 3.8) is 0 Å². The number of nitrogens with one attached hydrogen (secondary N) is 1. The Kier molecular flexibility index (Phi) is 4.54. The topological polar surface area (TPSA) is 96.2 Å². The molecule has 1 aliphatic heterocycles. The third-order valence-corrected chi connectivity index (χ3v) is 4.64. The van der Waals surface area contributed by atoms with E-state index in [1.54, 1.807) is 23.2 Å². The Hall–Kier alpha value is -3.33. The molecule has 1 unspecified atom stereocenters. The van der Waals surface area contributed by atoms with Crippen molar-refractivity contribution in [3.05, 3.63) is 59.8 Å². The van der Waals surface area contributed by atoms with E-state index >= 15 is 0 Å². The van der Waals surface area contributed by atoms with E-state index in [2.05, 4.69) is 20.4 Å². The van der Waals surface area contributed by atoms with Gasteiger partial charge in [0, 0.05) is 23.2 Å². The lowest BCUT2D eigenvalue weighted by molar-refractivity contribution is -0.114. The Morgan fingerprint density at radius 3 is 2.76 bits per heavy atom. The van der Waals surface area contributed by atoms with E-state index < -0.39 is 12.0 Å².